The number of carbonyl (C=O) groups excluding carboxylic acids is 1. The van der Waals surface area contributed by atoms with Gasteiger partial charge in [-0.25, -0.2) is 4.79 Å². The van der Waals surface area contributed by atoms with E-state index in [1.165, 1.54) is 70.6 Å². The van der Waals surface area contributed by atoms with Gasteiger partial charge in [0.15, 0.2) is 0 Å². The number of nitrogens with one attached hydrogen (secondary N) is 1. The van der Waals surface area contributed by atoms with E-state index in [4.69, 9.17) is 0 Å². The second-order valence-electron chi connectivity index (χ2n) is 8.12. The molecule has 0 radical (unpaired) electrons. The molecule has 0 bridgehead atoms. The molecule has 0 fully saturated rings. The first-order chi connectivity index (χ1) is 14.1. The normalized spacial score (nSPS) is 11.9. The van der Waals surface area contributed by atoms with Gasteiger partial charge >= 0.3 is 5.97 Å². The smallest absolute Gasteiger partial charge is 0.326 e. The van der Waals surface area contributed by atoms with E-state index in [0.717, 1.165) is 19.3 Å². The highest BCUT2D eigenvalue weighted by atomic mass is 16.4. The molecule has 0 aliphatic carbocycles. The zero-order chi connectivity index (χ0) is 21.2. The second-order valence-corrected chi connectivity index (χ2v) is 8.12. The summed E-state index contributed by atoms with van der Waals surface area (Å²) >= 11 is 0. The van der Waals surface area contributed by atoms with E-state index in [1.807, 2.05) is 6.07 Å². The lowest BCUT2D eigenvalue weighted by molar-refractivity contribution is -0.139. The maximum atomic E-state index is 12.1. The fourth-order valence-electron chi connectivity index (χ4n) is 3.63. The Bertz CT molecular complexity index is 544. The Morgan fingerprint density at radius 1 is 0.759 bits per heavy atom. The number of amides is 1. The summed E-state index contributed by atoms with van der Waals surface area (Å²) in [6.45, 7) is 2.26. The molecule has 1 aromatic carbocycles. The molecule has 1 rings (SSSR count). The summed E-state index contributed by atoms with van der Waals surface area (Å²) < 4.78 is 0. The van der Waals surface area contributed by atoms with Gasteiger partial charge in [0.25, 0.3) is 5.91 Å². The topological polar surface area (TPSA) is 66.4 Å². The van der Waals surface area contributed by atoms with E-state index in [2.05, 4.69) is 12.2 Å². The van der Waals surface area contributed by atoms with Crippen LogP contribution in [0.15, 0.2) is 30.3 Å². The standard InChI is InChI=1S/C25H41NO3/c1-2-3-4-5-6-7-8-9-10-11-12-13-14-18-21-23(25(28)29)26-24(27)22-19-16-15-17-20-22/h15-17,19-20,23H,2-14,18,21H2,1H3,(H,26,27)(H,28,29)/t23-/m1/s1. The molecule has 1 amide bonds. The fraction of sp³-hybridized carbons (Fsp3) is 0.680. The van der Waals surface area contributed by atoms with E-state index in [9.17, 15) is 14.7 Å². The average molecular weight is 404 g/mol. The molecule has 2 N–H and O–H groups in total. The van der Waals surface area contributed by atoms with Crippen molar-refractivity contribution in [3.05, 3.63) is 35.9 Å². The van der Waals surface area contributed by atoms with Gasteiger partial charge in [0.1, 0.15) is 6.04 Å². The van der Waals surface area contributed by atoms with Crippen molar-refractivity contribution in [2.45, 2.75) is 109 Å². The van der Waals surface area contributed by atoms with Gasteiger partial charge in [-0.2, -0.15) is 0 Å². The lowest BCUT2D eigenvalue weighted by Gasteiger charge is -2.14. The van der Waals surface area contributed by atoms with Gasteiger partial charge in [-0.3, -0.25) is 4.79 Å². The number of hydrogen-bond donors (Lipinski definition) is 2. The van der Waals surface area contributed by atoms with E-state index in [0.29, 0.717) is 12.0 Å². The van der Waals surface area contributed by atoms with Crippen LogP contribution in [-0.4, -0.2) is 23.0 Å². The maximum absolute atomic E-state index is 12.1. The van der Waals surface area contributed by atoms with Gasteiger partial charge in [0.2, 0.25) is 0 Å². The first-order valence-electron chi connectivity index (χ1n) is 11.7. The average Bonchev–Trinajstić information content (AvgIpc) is 2.73. The summed E-state index contributed by atoms with van der Waals surface area (Å²) in [5, 5.41) is 12.0. The highest BCUT2D eigenvalue weighted by Crippen LogP contribution is 2.14. The van der Waals surface area contributed by atoms with Crippen LogP contribution >= 0.6 is 0 Å². The molecular formula is C25H41NO3. The van der Waals surface area contributed by atoms with Crippen molar-refractivity contribution in [2.75, 3.05) is 0 Å². The summed E-state index contributed by atoms with van der Waals surface area (Å²) in [6.07, 6.45) is 18.3. The maximum Gasteiger partial charge on any atom is 0.326 e. The molecule has 0 saturated carbocycles. The van der Waals surface area contributed by atoms with Crippen LogP contribution in [0.25, 0.3) is 0 Å². The van der Waals surface area contributed by atoms with Crippen LogP contribution in [0.5, 0.6) is 0 Å². The van der Waals surface area contributed by atoms with Crippen molar-refractivity contribution >= 4 is 11.9 Å². The molecule has 0 heterocycles. The van der Waals surface area contributed by atoms with Gasteiger partial charge in [0, 0.05) is 5.56 Å². The van der Waals surface area contributed by atoms with E-state index in [-0.39, 0.29) is 5.91 Å². The number of aliphatic carboxylic acids is 1. The minimum atomic E-state index is -0.955. The number of benzene rings is 1. The molecule has 0 saturated heterocycles. The third kappa shape index (κ3) is 13.1. The van der Waals surface area contributed by atoms with Crippen molar-refractivity contribution in [1.29, 1.82) is 0 Å². The number of rotatable bonds is 18. The van der Waals surface area contributed by atoms with E-state index >= 15 is 0 Å². The first-order valence-corrected chi connectivity index (χ1v) is 11.7. The van der Waals surface area contributed by atoms with Crippen molar-refractivity contribution in [1.82, 2.24) is 5.32 Å². The fourth-order valence-corrected chi connectivity index (χ4v) is 3.63. The van der Waals surface area contributed by atoms with Gasteiger partial charge in [-0.1, -0.05) is 115 Å². The molecule has 0 spiro atoms. The molecule has 164 valence electrons. The molecule has 0 aliphatic heterocycles. The minimum absolute atomic E-state index is 0.316. The van der Waals surface area contributed by atoms with Gasteiger partial charge in [-0.15, -0.1) is 0 Å². The van der Waals surface area contributed by atoms with E-state index < -0.39 is 12.0 Å². The van der Waals surface area contributed by atoms with Crippen molar-refractivity contribution in [3.8, 4) is 0 Å². The van der Waals surface area contributed by atoms with Crippen LogP contribution in [0, 0.1) is 0 Å². The number of carboxylic acids is 1. The molecule has 1 aromatic rings. The molecule has 0 unspecified atom stereocenters. The van der Waals surface area contributed by atoms with Gasteiger partial charge in [0.05, 0.1) is 0 Å². The van der Waals surface area contributed by atoms with Crippen LogP contribution in [0.1, 0.15) is 114 Å². The van der Waals surface area contributed by atoms with Crippen LogP contribution < -0.4 is 5.32 Å². The Labute approximate surface area is 177 Å². The molecule has 4 heteroatoms. The summed E-state index contributed by atoms with van der Waals surface area (Å²) in [5.41, 5.74) is 0.500. The zero-order valence-electron chi connectivity index (χ0n) is 18.3. The number of unbranched alkanes of at least 4 members (excludes halogenated alkanes) is 13. The predicted octanol–water partition coefficient (Wildman–Crippen LogP) is 6.74. The summed E-state index contributed by atoms with van der Waals surface area (Å²) in [6, 6.07) is 7.97. The van der Waals surface area contributed by atoms with Gasteiger partial charge in [-0.05, 0) is 18.6 Å². The quantitative estimate of drug-likeness (QED) is 0.267. The number of hydrogen-bond acceptors (Lipinski definition) is 2. The second kappa shape index (κ2) is 17.1. The number of carboxylic acid groups (broad SMARTS) is 1. The minimum Gasteiger partial charge on any atom is -0.480 e. The molecule has 0 aromatic heterocycles. The first kappa shape index (κ1) is 25.2. The molecule has 29 heavy (non-hydrogen) atoms. The van der Waals surface area contributed by atoms with Crippen molar-refractivity contribution in [2.24, 2.45) is 0 Å². The Hall–Kier alpha value is -1.84. The summed E-state index contributed by atoms with van der Waals surface area (Å²) in [5.74, 6) is -1.27. The molecule has 0 aliphatic rings. The molecular weight excluding hydrogens is 362 g/mol. The van der Waals surface area contributed by atoms with E-state index in [1.54, 1.807) is 24.3 Å². The van der Waals surface area contributed by atoms with Crippen molar-refractivity contribution < 1.29 is 14.7 Å². The predicted molar refractivity (Wildman–Crippen MR) is 120 cm³/mol. The third-order valence-corrected chi connectivity index (χ3v) is 5.49. The summed E-state index contributed by atoms with van der Waals surface area (Å²) in [7, 11) is 0. The lowest BCUT2D eigenvalue weighted by atomic mass is 10.0. The Morgan fingerprint density at radius 2 is 1.21 bits per heavy atom. The Morgan fingerprint density at radius 3 is 1.66 bits per heavy atom. The third-order valence-electron chi connectivity index (χ3n) is 5.49. The number of carbonyl (C=O) groups is 2. The molecule has 1 atom stereocenters. The van der Waals surface area contributed by atoms with Crippen LogP contribution in [0.2, 0.25) is 0 Å². The highest BCUT2D eigenvalue weighted by molar-refractivity contribution is 5.96. The highest BCUT2D eigenvalue weighted by Gasteiger charge is 2.19. The Kier molecular flexibility index (Phi) is 14.8. The van der Waals surface area contributed by atoms with Crippen molar-refractivity contribution in [3.63, 3.8) is 0 Å². The zero-order valence-corrected chi connectivity index (χ0v) is 18.3. The Balaban J connectivity index is 2.00. The lowest BCUT2D eigenvalue weighted by Crippen LogP contribution is -2.40. The summed E-state index contributed by atoms with van der Waals surface area (Å²) in [4.78, 5) is 23.5. The monoisotopic (exact) mass is 403 g/mol. The van der Waals surface area contributed by atoms with Gasteiger partial charge < -0.3 is 10.4 Å². The van der Waals surface area contributed by atoms with Crippen LogP contribution in [0.4, 0.5) is 0 Å². The SMILES string of the molecule is CCCCCCCCCCCCCCCC[C@@H](NC(=O)c1ccccc1)C(=O)O. The molecule has 4 nitrogen and oxygen atoms in total. The van der Waals surface area contributed by atoms with Crippen LogP contribution in [0.3, 0.4) is 0 Å². The van der Waals surface area contributed by atoms with Crippen LogP contribution in [-0.2, 0) is 4.79 Å². The largest absolute Gasteiger partial charge is 0.480 e.